The molecule has 2 nitrogen and oxygen atoms in total. The maximum absolute atomic E-state index is 9.35. The molecule has 66 valence electrons. The van der Waals surface area contributed by atoms with Gasteiger partial charge < -0.3 is 9.84 Å². The SMILES string of the molecule is CC(C)[C@H]1CC[C@H](O)[C@H](C)O1. The first-order chi connectivity index (χ1) is 5.11. The molecule has 0 spiro atoms. The standard InChI is InChI=1S/C9H18O2/c1-6(2)9-5-4-8(10)7(3)11-9/h6-10H,4-5H2,1-3H3/t7-,8-,9+/m0/s1. The molecule has 1 rings (SSSR count). The minimum Gasteiger partial charge on any atom is -0.390 e. The predicted octanol–water partition coefficient (Wildman–Crippen LogP) is 1.57. The summed E-state index contributed by atoms with van der Waals surface area (Å²) < 4.78 is 5.61. The van der Waals surface area contributed by atoms with Crippen LogP contribution in [0.5, 0.6) is 0 Å². The highest BCUT2D eigenvalue weighted by Crippen LogP contribution is 2.23. The largest absolute Gasteiger partial charge is 0.390 e. The van der Waals surface area contributed by atoms with Crippen LogP contribution in [0.25, 0.3) is 0 Å². The van der Waals surface area contributed by atoms with E-state index in [1.807, 2.05) is 6.92 Å². The Hall–Kier alpha value is -0.0800. The molecular formula is C9H18O2. The lowest BCUT2D eigenvalue weighted by atomic mass is 9.95. The summed E-state index contributed by atoms with van der Waals surface area (Å²) in [6.45, 7) is 6.27. The molecule has 2 heteroatoms. The van der Waals surface area contributed by atoms with E-state index in [0.717, 1.165) is 12.8 Å². The van der Waals surface area contributed by atoms with Crippen LogP contribution < -0.4 is 0 Å². The first kappa shape index (κ1) is 9.01. The van der Waals surface area contributed by atoms with E-state index >= 15 is 0 Å². The minimum atomic E-state index is -0.245. The molecule has 1 aliphatic rings. The maximum atomic E-state index is 9.35. The first-order valence-corrected chi connectivity index (χ1v) is 4.44. The fraction of sp³-hybridized carbons (Fsp3) is 1.00. The predicted molar refractivity (Wildman–Crippen MR) is 44.4 cm³/mol. The van der Waals surface area contributed by atoms with Crippen LogP contribution in [-0.2, 0) is 4.74 Å². The third-order valence-electron chi connectivity index (χ3n) is 2.42. The summed E-state index contributed by atoms with van der Waals surface area (Å²) in [6, 6.07) is 0. The molecule has 0 aliphatic carbocycles. The van der Waals surface area contributed by atoms with Crippen LogP contribution >= 0.6 is 0 Å². The summed E-state index contributed by atoms with van der Waals surface area (Å²) in [5.74, 6) is 0.574. The number of hydrogen-bond acceptors (Lipinski definition) is 2. The third-order valence-corrected chi connectivity index (χ3v) is 2.42. The van der Waals surface area contributed by atoms with Gasteiger partial charge in [-0.1, -0.05) is 13.8 Å². The monoisotopic (exact) mass is 158 g/mol. The van der Waals surface area contributed by atoms with Gasteiger partial charge in [-0.15, -0.1) is 0 Å². The zero-order valence-electron chi connectivity index (χ0n) is 7.58. The molecule has 0 saturated carbocycles. The molecule has 0 aromatic rings. The molecule has 1 saturated heterocycles. The number of rotatable bonds is 1. The molecule has 1 fully saturated rings. The molecule has 3 atom stereocenters. The molecule has 0 bridgehead atoms. The highest BCUT2D eigenvalue weighted by atomic mass is 16.5. The Morgan fingerprint density at radius 3 is 2.45 bits per heavy atom. The lowest BCUT2D eigenvalue weighted by molar-refractivity contribution is -0.122. The van der Waals surface area contributed by atoms with Crippen molar-refractivity contribution in [1.29, 1.82) is 0 Å². The second-order valence-corrected chi connectivity index (χ2v) is 3.77. The summed E-state index contributed by atoms with van der Waals surface area (Å²) in [5.41, 5.74) is 0. The van der Waals surface area contributed by atoms with Gasteiger partial charge >= 0.3 is 0 Å². The van der Waals surface area contributed by atoms with Gasteiger partial charge in [-0.2, -0.15) is 0 Å². The van der Waals surface area contributed by atoms with Gasteiger partial charge in [-0.05, 0) is 25.7 Å². The van der Waals surface area contributed by atoms with E-state index in [4.69, 9.17) is 4.74 Å². The minimum absolute atomic E-state index is 0.0242. The Bertz CT molecular complexity index is 123. The highest BCUT2D eigenvalue weighted by Gasteiger charge is 2.27. The highest BCUT2D eigenvalue weighted by molar-refractivity contribution is 4.76. The number of ether oxygens (including phenoxy) is 1. The number of aliphatic hydroxyl groups is 1. The summed E-state index contributed by atoms with van der Waals surface area (Å²) in [7, 11) is 0. The molecule has 1 N–H and O–H groups in total. The van der Waals surface area contributed by atoms with Crippen molar-refractivity contribution in [3.63, 3.8) is 0 Å². The Morgan fingerprint density at radius 1 is 1.36 bits per heavy atom. The average molecular weight is 158 g/mol. The molecule has 1 aliphatic heterocycles. The molecule has 1 heterocycles. The third kappa shape index (κ3) is 2.17. The van der Waals surface area contributed by atoms with Crippen molar-refractivity contribution in [3.8, 4) is 0 Å². The normalized spacial score (nSPS) is 39.5. The van der Waals surface area contributed by atoms with Gasteiger partial charge in [0, 0.05) is 0 Å². The van der Waals surface area contributed by atoms with Gasteiger partial charge in [0.1, 0.15) is 0 Å². The lowest BCUT2D eigenvalue weighted by Gasteiger charge is -2.33. The van der Waals surface area contributed by atoms with Crippen LogP contribution in [0.3, 0.4) is 0 Å². The molecule has 0 amide bonds. The van der Waals surface area contributed by atoms with Crippen LogP contribution in [0.4, 0.5) is 0 Å². The van der Waals surface area contributed by atoms with E-state index < -0.39 is 0 Å². The smallest absolute Gasteiger partial charge is 0.0809 e. The van der Waals surface area contributed by atoms with E-state index in [1.54, 1.807) is 0 Å². The number of hydrogen-bond donors (Lipinski definition) is 1. The van der Waals surface area contributed by atoms with Crippen molar-refractivity contribution < 1.29 is 9.84 Å². The van der Waals surface area contributed by atoms with E-state index in [9.17, 15) is 5.11 Å². The van der Waals surface area contributed by atoms with Crippen LogP contribution in [0.1, 0.15) is 33.6 Å². The fourth-order valence-electron chi connectivity index (χ4n) is 1.49. The zero-order valence-corrected chi connectivity index (χ0v) is 7.58. The van der Waals surface area contributed by atoms with Crippen molar-refractivity contribution in [3.05, 3.63) is 0 Å². The van der Waals surface area contributed by atoms with Gasteiger partial charge in [0.25, 0.3) is 0 Å². The number of aliphatic hydroxyl groups excluding tert-OH is 1. The van der Waals surface area contributed by atoms with Crippen LogP contribution in [0.15, 0.2) is 0 Å². The maximum Gasteiger partial charge on any atom is 0.0809 e. The van der Waals surface area contributed by atoms with Crippen molar-refractivity contribution in [1.82, 2.24) is 0 Å². The van der Waals surface area contributed by atoms with E-state index in [-0.39, 0.29) is 12.2 Å². The second kappa shape index (κ2) is 3.55. The lowest BCUT2D eigenvalue weighted by Crippen LogP contribution is -2.38. The Labute approximate surface area is 68.6 Å². The fourth-order valence-corrected chi connectivity index (χ4v) is 1.49. The van der Waals surface area contributed by atoms with Crippen molar-refractivity contribution in [2.75, 3.05) is 0 Å². The molecule has 0 unspecified atom stereocenters. The summed E-state index contributed by atoms with van der Waals surface area (Å²) in [5, 5.41) is 9.35. The molecule has 0 aromatic heterocycles. The topological polar surface area (TPSA) is 29.5 Å². The Kier molecular flexibility index (Phi) is 2.90. The van der Waals surface area contributed by atoms with Crippen LogP contribution in [0, 0.1) is 5.92 Å². The van der Waals surface area contributed by atoms with Crippen LogP contribution in [0.2, 0.25) is 0 Å². The quantitative estimate of drug-likeness (QED) is 0.627. The van der Waals surface area contributed by atoms with Gasteiger partial charge in [0.2, 0.25) is 0 Å². The van der Waals surface area contributed by atoms with Gasteiger partial charge in [-0.3, -0.25) is 0 Å². The van der Waals surface area contributed by atoms with Gasteiger partial charge in [-0.25, -0.2) is 0 Å². The average Bonchev–Trinajstić information content (AvgIpc) is 1.94. The Morgan fingerprint density at radius 2 is 2.00 bits per heavy atom. The molecule has 0 radical (unpaired) electrons. The molecule has 11 heavy (non-hydrogen) atoms. The first-order valence-electron chi connectivity index (χ1n) is 4.44. The van der Waals surface area contributed by atoms with Crippen molar-refractivity contribution >= 4 is 0 Å². The summed E-state index contributed by atoms with van der Waals surface area (Å²) in [4.78, 5) is 0. The molecule has 0 aromatic carbocycles. The summed E-state index contributed by atoms with van der Waals surface area (Å²) >= 11 is 0. The van der Waals surface area contributed by atoms with Crippen LogP contribution in [-0.4, -0.2) is 23.4 Å². The van der Waals surface area contributed by atoms with Gasteiger partial charge in [0.15, 0.2) is 0 Å². The van der Waals surface area contributed by atoms with Crippen molar-refractivity contribution in [2.24, 2.45) is 5.92 Å². The van der Waals surface area contributed by atoms with Gasteiger partial charge in [0.05, 0.1) is 18.3 Å². The van der Waals surface area contributed by atoms with E-state index in [0.29, 0.717) is 12.0 Å². The molecular weight excluding hydrogens is 140 g/mol. The van der Waals surface area contributed by atoms with E-state index in [2.05, 4.69) is 13.8 Å². The second-order valence-electron chi connectivity index (χ2n) is 3.77. The van der Waals surface area contributed by atoms with Crippen molar-refractivity contribution in [2.45, 2.75) is 51.9 Å². The zero-order chi connectivity index (χ0) is 8.43. The summed E-state index contributed by atoms with van der Waals surface area (Å²) in [6.07, 6.45) is 2.03. The Balaban J connectivity index is 2.40. The van der Waals surface area contributed by atoms with E-state index in [1.165, 1.54) is 0 Å².